The van der Waals surface area contributed by atoms with Crippen molar-refractivity contribution in [3.8, 4) is 17.0 Å². The van der Waals surface area contributed by atoms with Crippen LogP contribution in [0.3, 0.4) is 0 Å². The molecular formula is C24H24N4OS2. The van der Waals surface area contributed by atoms with E-state index in [1.54, 1.807) is 29.8 Å². The van der Waals surface area contributed by atoms with Crippen LogP contribution in [0.15, 0.2) is 60.0 Å². The maximum absolute atomic E-state index is 5.50. The summed E-state index contributed by atoms with van der Waals surface area (Å²) in [5.74, 6) is 1.37. The minimum atomic E-state index is 0.501. The van der Waals surface area contributed by atoms with Crippen LogP contribution in [0.25, 0.3) is 11.3 Å². The third-order valence-electron chi connectivity index (χ3n) is 5.67. The second-order valence-corrected chi connectivity index (χ2v) is 9.60. The van der Waals surface area contributed by atoms with Crippen LogP contribution < -0.4 is 9.64 Å². The fourth-order valence-corrected chi connectivity index (χ4v) is 5.90. The summed E-state index contributed by atoms with van der Waals surface area (Å²) in [4.78, 5) is 7.33. The van der Waals surface area contributed by atoms with E-state index >= 15 is 0 Å². The van der Waals surface area contributed by atoms with Gasteiger partial charge in [-0.15, -0.1) is 21.5 Å². The van der Waals surface area contributed by atoms with Gasteiger partial charge in [-0.1, -0.05) is 53.8 Å². The topological polar surface area (TPSA) is 51.1 Å². The van der Waals surface area contributed by atoms with Gasteiger partial charge in [0, 0.05) is 36.4 Å². The van der Waals surface area contributed by atoms with Crippen molar-refractivity contribution in [2.45, 2.75) is 25.2 Å². The van der Waals surface area contributed by atoms with Gasteiger partial charge < -0.3 is 9.64 Å². The second kappa shape index (κ2) is 9.16. The molecule has 0 atom stereocenters. The summed E-state index contributed by atoms with van der Waals surface area (Å²) in [6, 6.07) is 18.5. The quantitative estimate of drug-likeness (QED) is 0.382. The summed E-state index contributed by atoms with van der Waals surface area (Å²) in [5, 5.41) is 14.4. The number of aromatic nitrogens is 3. The number of anilines is 1. The van der Waals surface area contributed by atoms with Gasteiger partial charge in [-0.2, -0.15) is 0 Å². The molecule has 0 N–H and O–H groups in total. The van der Waals surface area contributed by atoms with Crippen molar-refractivity contribution >= 4 is 27.8 Å². The first-order valence-electron chi connectivity index (χ1n) is 10.5. The van der Waals surface area contributed by atoms with Gasteiger partial charge in [0.1, 0.15) is 10.8 Å². The standard InChI is InChI=1S/C24H24N4OS2/c1-29-21-10-6-5-9-19(21)20-16-30-23(25-20)18-11-13-28(14-12-18)24-27-26-22(31-24)15-17-7-3-2-4-8-17/h2-10,16,18H,11-15H2,1H3. The minimum Gasteiger partial charge on any atom is -0.496 e. The van der Waals surface area contributed by atoms with Crippen LogP contribution >= 0.6 is 22.7 Å². The Kier molecular flexibility index (Phi) is 5.95. The molecule has 2 aromatic heterocycles. The van der Waals surface area contributed by atoms with Crippen LogP contribution in [-0.4, -0.2) is 35.4 Å². The first kappa shape index (κ1) is 20.2. The molecule has 3 heterocycles. The Morgan fingerprint density at radius 1 is 1.00 bits per heavy atom. The molecule has 5 nitrogen and oxygen atoms in total. The highest BCUT2D eigenvalue weighted by molar-refractivity contribution is 7.15. The normalized spacial score (nSPS) is 14.7. The van der Waals surface area contributed by atoms with Crippen molar-refractivity contribution in [1.82, 2.24) is 15.2 Å². The van der Waals surface area contributed by atoms with Crippen molar-refractivity contribution in [1.29, 1.82) is 0 Å². The van der Waals surface area contributed by atoms with Crippen LogP contribution in [0.1, 0.15) is 34.3 Å². The van der Waals surface area contributed by atoms with Gasteiger partial charge >= 0.3 is 0 Å². The summed E-state index contributed by atoms with van der Waals surface area (Å²) in [6.07, 6.45) is 3.03. The van der Waals surface area contributed by atoms with Crippen molar-refractivity contribution < 1.29 is 4.74 Å². The fraction of sp³-hybridized carbons (Fsp3) is 0.292. The zero-order chi connectivity index (χ0) is 21.0. The molecule has 0 radical (unpaired) electrons. The van der Waals surface area contributed by atoms with Gasteiger partial charge in [0.15, 0.2) is 0 Å². The third-order valence-corrected chi connectivity index (χ3v) is 7.67. The molecule has 0 unspecified atom stereocenters. The SMILES string of the molecule is COc1ccccc1-c1csc(C2CCN(c3nnc(Cc4ccccc4)s3)CC2)n1. The zero-order valence-electron chi connectivity index (χ0n) is 17.4. The average Bonchev–Trinajstić information content (AvgIpc) is 3.50. The average molecular weight is 449 g/mol. The molecule has 1 aliphatic heterocycles. The molecule has 158 valence electrons. The van der Waals surface area contributed by atoms with Crippen LogP contribution in [0.2, 0.25) is 0 Å². The zero-order valence-corrected chi connectivity index (χ0v) is 19.0. The van der Waals surface area contributed by atoms with Crippen LogP contribution in [0.5, 0.6) is 5.75 Å². The van der Waals surface area contributed by atoms with Gasteiger partial charge in [-0.25, -0.2) is 4.98 Å². The third kappa shape index (κ3) is 4.48. The van der Waals surface area contributed by atoms with E-state index < -0.39 is 0 Å². The first-order valence-corrected chi connectivity index (χ1v) is 12.2. The van der Waals surface area contributed by atoms with E-state index in [1.165, 1.54) is 10.6 Å². The molecule has 1 saturated heterocycles. The Bertz CT molecular complexity index is 1130. The predicted octanol–water partition coefficient (Wildman–Crippen LogP) is 5.65. The van der Waals surface area contributed by atoms with E-state index in [9.17, 15) is 0 Å². The van der Waals surface area contributed by atoms with Crippen LogP contribution in [0, 0.1) is 0 Å². The highest BCUT2D eigenvalue weighted by Crippen LogP contribution is 2.37. The first-order chi connectivity index (χ1) is 15.3. The maximum Gasteiger partial charge on any atom is 0.208 e. The number of thiazole rings is 1. The number of methoxy groups -OCH3 is 1. The van der Waals surface area contributed by atoms with Gasteiger partial charge in [0.2, 0.25) is 5.13 Å². The molecule has 2 aromatic carbocycles. The summed E-state index contributed by atoms with van der Waals surface area (Å²) < 4.78 is 5.50. The Morgan fingerprint density at radius 3 is 2.58 bits per heavy atom. The van der Waals surface area contributed by atoms with Crippen LogP contribution in [0.4, 0.5) is 5.13 Å². The Morgan fingerprint density at radius 2 is 1.77 bits per heavy atom. The predicted molar refractivity (Wildman–Crippen MR) is 127 cm³/mol. The lowest BCUT2D eigenvalue weighted by Crippen LogP contribution is -2.32. The van der Waals surface area contributed by atoms with E-state index in [0.29, 0.717) is 5.92 Å². The molecule has 0 amide bonds. The smallest absolute Gasteiger partial charge is 0.208 e. The molecule has 1 aliphatic rings. The molecule has 1 fully saturated rings. The van der Waals surface area contributed by atoms with Crippen LogP contribution in [-0.2, 0) is 6.42 Å². The van der Waals surface area contributed by atoms with Crippen molar-refractivity contribution in [3.63, 3.8) is 0 Å². The number of hydrogen-bond acceptors (Lipinski definition) is 7. The Hall–Kier alpha value is -2.77. The lowest BCUT2D eigenvalue weighted by Gasteiger charge is -2.30. The van der Waals surface area contributed by atoms with E-state index in [0.717, 1.165) is 59.5 Å². The molecule has 0 bridgehead atoms. The molecule has 0 saturated carbocycles. The van der Waals surface area contributed by atoms with Gasteiger partial charge in [0.05, 0.1) is 17.8 Å². The molecule has 5 rings (SSSR count). The van der Waals surface area contributed by atoms with E-state index in [-0.39, 0.29) is 0 Å². The van der Waals surface area contributed by atoms with Crippen molar-refractivity contribution in [3.05, 3.63) is 75.6 Å². The lowest BCUT2D eigenvalue weighted by molar-refractivity contribution is 0.416. The van der Waals surface area contributed by atoms with E-state index in [4.69, 9.17) is 9.72 Å². The lowest BCUT2D eigenvalue weighted by atomic mass is 9.98. The summed E-state index contributed by atoms with van der Waals surface area (Å²) in [7, 11) is 1.71. The fourth-order valence-electron chi connectivity index (χ4n) is 3.99. The van der Waals surface area contributed by atoms with Gasteiger partial charge in [0.25, 0.3) is 0 Å². The summed E-state index contributed by atoms with van der Waals surface area (Å²) in [6.45, 7) is 1.99. The molecule has 0 aliphatic carbocycles. The second-order valence-electron chi connectivity index (χ2n) is 7.67. The summed E-state index contributed by atoms with van der Waals surface area (Å²) >= 11 is 3.48. The number of ether oxygens (including phenoxy) is 1. The number of piperidine rings is 1. The van der Waals surface area contributed by atoms with E-state index in [2.05, 4.69) is 50.8 Å². The van der Waals surface area contributed by atoms with Gasteiger partial charge in [-0.05, 0) is 30.5 Å². The Labute approximate surface area is 190 Å². The number of rotatable bonds is 6. The Balaban J connectivity index is 1.22. The highest BCUT2D eigenvalue weighted by Gasteiger charge is 2.25. The minimum absolute atomic E-state index is 0.501. The molecule has 7 heteroatoms. The highest BCUT2D eigenvalue weighted by atomic mass is 32.1. The summed E-state index contributed by atoms with van der Waals surface area (Å²) in [5.41, 5.74) is 3.35. The number of nitrogens with zero attached hydrogens (tertiary/aromatic N) is 4. The number of hydrogen-bond donors (Lipinski definition) is 0. The van der Waals surface area contributed by atoms with Crippen molar-refractivity contribution in [2.75, 3.05) is 25.1 Å². The van der Waals surface area contributed by atoms with Crippen molar-refractivity contribution in [2.24, 2.45) is 0 Å². The van der Waals surface area contributed by atoms with E-state index in [1.807, 2.05) is 24.3 Å². The number of benzene rings is 2. The molecule has 4 aromatic rings. The molecular weight excluding hydrogens is 424 g/mol. The van der Waals surface area contributed by atoms with Gasteiger partial charge in [-0.3, -0.25) is 0 Å². The number of para-hydroxylation sites is 1. The molecule has 0 spiro atoms. The maximum atomic E-state index is 5.50. The monoisotopic (exact) mass is 448 g/mol. The molecule has 31 heavy (non-hydrogen) atoms. The largest absolute Gasteiger partial charge is 0.496 e.